The van der Waals surface area contributed by atoms with Crippen LogP contribution in [0.25, 0.3) is 0 Å². The van der Waals surface area contributed by atoms with Crippen LogP contribution in [-0.4, -0.2) is 21.4 Å². The predicted octanol–water partition coefficient (Wildman–Crippen LogP) is 2.12. The van der Waals surface area contributed by atoms with Crippen molar-refractivity contribution in [3.8, 4) is 0 Å². The Kier molecular flexibility index (Phi) is 4.57. The van der Waals surface area contributed by atoms with Crippen molar-refractivity contribution >= 4 is 28.6 Å². The van der Waals surface area contributed by atoms with Crippen molar-refractivity contribution in [1.29, 1.82) is 0 Å². The van der Waals surface area contributed by atoms with Crippen LogP contribution in [0.15, 0.2) is 27.8 Å². The molecule has 0 amide bonds. The minimum absolute atomic E-state index is 0.0920. The number of rotatable bonds is 5. The number of nitrogens with zero attached hydrogens (tertiary/aromatic N) is 2. The van der Waals surface area contributed by atoms with Crippen molar-refractivity contribution in [1.82, 2.24) is 9.78 Å². The van der Waals surface area contributed by atoms with Crippen molar-refractivity contribution in [2.75, 3.05) is 11.9 Å². The molecule has 0 aliphatic heterocycles. The third-order valence-electron chi connectivity index (χ3n) is 2.70. The Morgan fingerprint density at radius 3 is 3.05 bits per heavy atom. The number of aliphatic hydroxyl groups is 1. The lowest BCUT2D eigenvalue weighted by atomic mass is 10.2. The van der Waals surface area contributed by atoms with Crippen LogP contribution < -0.4 is 10.9 Å². The Balaban J connectivity index is 2.08. The molecule has 1 unspecified atom stereocenters. The highest BCUT2D eigenvalue weighted by molar-refractivity contribution is 7.07. The highest BCUT2D eigenvalue weighted by atomic mass is 35.5. The standard InChI is InChI=1S/C12H14ClN3O2S/c1-2-16-12(18)11(13)9(5-15-16)14-6-10(17)8-3-4-19-7-8/h3-5,7,10,14,17H,2,6H2,1H3. The van der Waals surface area contributed by atoms with Gasteiger partial charge in [-0.05, 0) is 29.3 Å². The van der Waals surface area contributed by atoms with Gasteiger partial charge in [0.1, 0.15) is 5.02 Å². The molecule has 1 atom stereocenters. The monoisotopic (exact) mass is 299 g/mol. The fourth-order valence-corrected chi connectivity index (χ4v) is 2.52. The van der Waals surface area contributed by atoms with Gasteiger partial charge in [0, 0.05) is 13.1 Å². The first-order valence-corrected chi connectivity index (χ1v) is 7.15. The summed E-state index contributed by atoms with van der Waals surface area (Å²) < 4.78 is 1.28. The molecule has 102 valence electrons. The van der Waals surface area contributed by atoms with Gasteiger partial charge in [0.15, 0.2) is 0 Å². The van der Waals surface area contributed by atoms with E-state index < -0.39 is 6.10 Å². The minimum atomic E-state index is -0.643. The van der Waals surface area contributed by atoms with E-state index in [4.69, 9.17) is 11.6 Å². The molecule has 2 heterocycles. The van der Waals surface area contributed by atoms with E-state index in [1.54, 1.807) is 0 Å². The maximum absolute atomic E-state index is 11.8. The third-order valence-corrected chi connectivity index (χ3v) is 3.76. The molecule has 0 bridgehead atoms. The molecular weight excluding hydrogens is 286 g/mol. The summed E-state index contributed by atoms with van der Waals surface area (Å²) in [6, 6.07) is 1.85. The molecule has 2 rings (SSSR count). The smallest absolute Gasteiger partial charge is 0.287 e. The number of hydrogen-bond acceptors (Lipinski definition) is 5. The first-order valence-electron chi connectivity index (χ1n) is 5.83. The minimum Gasteiger partial charge on any atom is -0.387 e. The summed E-state index contributed by atoms with van der Waals surface area (Å²) in [6.07, 6.45) is 0.851. The van der Waals surface area contributed by atoms with Crippen molar-refractivity contribution in [2.24, 2.45) is 0 Å². The van der Waals surface area contributed by atoms with E-state index in [1.165, 1.54) is 22.2 Å². The van der Waals surface area contributed by atoms with Gasteiger partial charge in [-0.2, -0.15) is 16.4 Å². The zero-order valence-corrected chi connectivity index (χ0v) is 11.9. The second-order valence-corrected chi connectivity index (χ2v) is 5.10. The molecule has 0 aliphatic rings. The Bertz CT molecular complexity index is 598. The quantitative estimate of drug-likeness (QED) is 0.887. The van der Waals surface area contributed by atoms with Gasteiger partial charge in [-0.1, -0.05) is 11.6 Å². The van der Waals surface area contributed by atoms with E-state index in [0.29, 0.717) is 12.2 Å². The highest BCUT2D eigenvalue weighted by Crippen LogP contribution is 2.19. The number of aliphatic hydroxyl groups excluding tert-OH is 1. The molecule has 2 aromatic rings. The van der Waals surface area contributed by atoms with E-state index in [9.17, 15) is 9.90 Å². The third kappa shape index (κ3) is 3.15. The lowest BCUT2D eigenvalue weighted by Gasteiger charge is -2.13. The summed E-state index contributed by atoms with van der Waals surface area (Å²) >= 11 is 7.49. The van der Waals surface area contributed by atoms with Crippen molar-refractivity contribution in [3.05, 3.63) is 44.0 Å². The second-order valence-electron chi connectivity index (χ2n) is 3.95. The van der Waals surface area contributed by atoms with Crippen LogP contribution in [0.1, 0.15) is 18.6 Å². The number of halogens is 1. The summed E-state index contributed by atoms with van der Waals surface area (Å²) in [5.41, 5.74) is 0.938. The first kappa shape index (κ1) is 14.0. The van der Waals surface area contributed by atoms with Crippen LogP contribution in [-0.2, 0) is 6.54 Å². The number of aromatic nitrogens is 2. The maximum Gasteiger partial charge on any atom is 0.287 e. The van der Waals surface area contributed by atoms with E-state index in [1.807, 2.05) is 23.8 Å². The summed E-state index contributed by atoms with van der Waals surface area (Å²) in [4.78, 5) is 11.8. The molecule has 0 radical (unpaired) electrons. The number of aryl methyl sites for hydroxylation is 1. The fraction of sp³-hybridized carbons (Fsp3) is 0.333. The molecule has 0 fully saturated rings. The predicted molar refractivity (Wildman–Crippen MR) is 76.9 cm³/mol. The summed E-state index contributed by atoms with van der Waals surface area (Å²) in [6.45, 7) is 2.56. The Morgan fingerprint density at radius 2 is 2.42 bits per heavy atom. The van der Waals surface area contributed by atoms with Gasteiger partial charge in [-0.15, -0.1) is 0 Å². The molecule has 0 spiro atoms. The van der Waals surface area contributed by atoms with Crippen molar-refractivity contribution in [2.45, 2.75) is 19.6 Å². The van der Waals surface area contributed by atoms with Crippen molar-refractivity contribution < 1.29 is 5.11 Å². The molecule has 2 aromatic heterocycles. The van der Waals surface area contributed by atoms with Crippen LogP contribution in [0.5, 0.6) is 0 Å². The highest BCUT2D eigenvalue weighted by Gasteiger charge is 2.11. The van der Waals surface area contributed by atoms with Crippen LogP contribution in [0.3, 0.4) is 0 Å². The van der Waals surface area contributed by atoms with Gasteiger partial charge in [0.25, 0.3) is 5.56 Å². The number of hydrogen-bond donors (Lipinski definition) is 2. The number of nitrogens with one attached hydrogen (secondary N) is 1. The molecule has 0 aromatic carbocycles. The average Bonchev–Trinajstić information content (AvgIpc) is 2.94. The fourth-order valence-electron chi connectivity index (χ4n) is 1.60. The Morgan fingerprint density at radius 1 is 1.63 bits per heavy atom. The SMILES string of the molecule is CCn1ncc(NCC(O)c2ccsc2)c(Cl)c1=O. The summed E-state index contributed by atoms with van der Waals surface area (Å²) in [5.74, 6) is 0. The van der Waals surface area contributed by atoms with Crippen LogP contribution in [0.2, 0.25) is 5.02 Å². The topological polar surface area (TPSA) is 67.2 Å². The molecule has 0 saturated heterocycles. The summed E-state index contributed by atoms with van der Waals surface area (Å²) in [7, 11) is 0. The average molecular weight is 300 g/mol. The molecular formula is C12H14ClN3O2S. The van der Waals surface area contributed by atoms with Crippen LogP contribution >= 0.6 is 22.9 Å². The van der Waals surface area contributed by atoms with Gasteiger partial charge in [0.2, 0.25) is 0 Å². The van der Waals surface area contributed by atoms with Crippen LogP contribution in [0, 0.1) is 0 Å². The zero-order chi connectivity index (χ0) is 13.8. The second kappa shape index (κ2) is 6.18. The Hall–Kier alpha value is -1.37. The summed E-state index contributed by atoms with van der Waals surface area (Å²) in [5, 5.41) is 20.7. The molecule has 2 N–H and O–H groups in total. The van der Waals surface area contributed by atoms with E-state index >= 15 is 0 Å². The molecule has 0 saturated carbocycles. The number of anilines is 1. The first-order chi connectivity index (χ1) is 9.13. The van der Waals surface area contributed by atoms with Gasteiger partial charge >= 0.3 is 0 Å². The van der Waals surface area contributed by atoms with Gasteiger partial charge in [0.05, 0.1) is 18.0 Å². The van der Waals surface area contributed by atoms with E-state index in [0.717, 1.165) is 5.56 Å². The van der Waals surface area contributed by atoms with E-state index in [-0.39, 0.29) is 17.1 Å². The lowest BCUT2D eigenvalue weighted by Crippen LogP contribution is -2.24. The molecule has 0 aliphatic carbocycles. The van der Waals surface area contributed by atoms with Crippen LogP contribution in [0.4, 0.5) is 5.69 Å². The normalized spacial score (nSPS) is 12.4. The Labute approximate surface area is 119 Å². The van der Waals surface area contributed by atoms with Gasteiger partial charge in [-0.3, -0.25) is 4.79 Å². The lowest BCUT2D eigenvalue weighted by molar-refractivity contribution is 0.192. The number of thiophene rings is 1. The van der Waals surface area contributed by atoms with E-state index in [2.05, 4.69) is 10.4 Å². The van der Waals surface area contributed by atoms with Gasteiger partial charge in [-0.25, -0.2) is 4.68 Å². The molecule has 5 nitrogen and oxygen atoms in total. The van der Waals surface area contributed by atoms with Gasteiger partial charge < -0.3 is 10.4 Å². The molecule has 19 heavy (non-hydrogen) atoms. The zero-order valence-electron chi connectivity index (χ0n) is 10.3. The van der Waals surface area contributed by atoms with Crippen molar-refractivity contribution in [3.63, 3.8) is 0 Å². The maximum atomic E-state index is 11.8. The molecule has 7 heteroatoms. The largest absolute Gasteiger partial charge is 0.387 e.